The van der Waals surface area contributed by atoms with Crippen molar-refractivity contribution >= 4 is 5.97 Å². The molecule has 0 aromatic carbocycles. The molecule has 0 aliphatic heterocycles. The second-order valence-corrected chi connectivity index (χ2v) is 3.88. The summed E-state index contributed by atoms with van der Waals surface area (Å²) in [7, 11) is 5.08. The molecule has 0 radical (unpaired) electrons. The van der Waals surface area contributed by atoms with E-state index in [-0.39, 0.29) is 12.0 Å². The van der Waals surface area contributed by atoms with E-state index in [4.69, 9.17) is 14.2 Å². The normalized spacial score (nSPS) is 12.7. The SMILES string of the molecule is CCOC(=O)C(CN(CCOC)CCOC)NC. The standard InChI is InChI=1S/C12H26N2O4/c1-5-18-12(15)11(13-2)10-14(6-8-16-3)7-9-17-4/h11,13H,5-10H2,1-4H3. The zero-order valence-electron chi connectivity index (χ0n) is 11.9. The number of carbonyl (C=O) groups is 1. The highest BCUT2D eigenvalue weighted by atomic mass is 16.5. The highest BCUT2D eigenvalue weighted by molar-refractivity contribution is 5.76. The summed E-state index contributed by atoms with van der Waals surface area (Å²) in [4.78, 5) is 13.8. The van der Waals surface area contributed by atoms with Gasteiger partial charge in [-0.15, -0.1) is 0 Å². The summed E-state index contributed by atoms with van der Waals surface area (Å²) in [5.74, 6) is -0.222. The fourth-order valence-electron chi connectivity index (χ4n) is 1.52. The number of hydrogen-bond acceptors (Lipinski definition) is 6. The summed E-state index contributed by atoms with van der Waals surface area (Å²) >= 11 is 0. The van der Waals surface area contributed by atoms with Gasteiger partial charge in [0.1, 0.15) is 6.04 Å². The summed E-state index contributed by atoms with van der Waals surface area (Å²) < 4.78 is 15.1. The van der Waals surface area contributed by atoms with Gasteiger partial charge in [-0.3, -0.25) is 9.69 Å². The van der Waals surface area contributed by atoms with Crippen molar-refractivity contribution in [2.45, 2.75) is 13.0 Å². The fraction of sp³-hybridized carbons (Fsp3) is 0.917. The first-order chi connectivity index (χ1) is 8.69. The molecule has 6 nitrogen and oxygen atoms in total. The Labute approximate surface area is 110 Å². The maximum absolute atomic E-state index is 11.7. The minimum Gasteiger partial charge on any atom is -0.465 e. The van der Waals surface area contributed by atoms with Crippen LogP contribution in [0, 0.1) is 0 Å². The lowest BCUT2D eigenvalue weighted by molar-refractivity contribution is -0.146. The monoisotopic (exact) mass is 262 g/mol. The van der Waals surface area contributed by atoms with Crippen LogP contribution in [-0.2, 0) is 19.0 Å². The molecule has 108 valence electrons. The molecule has 0 fully saturated rings. The predicted octanol–water partition coefficient (Wildman–Crippen LogP) is -0.268. The van der Waals surface area contributed by atoms with E-state index >= 15 is 0 Å². The second-order valence-electron chi connectivity index (χ2n) is 3.88. The lowest BCUT2D eigenvalue weighted by Crippen LogP contribution is -2.47. The van der Waals surface area contributed by atoms with E-state index in [2.05, 4.69) is 10.2 Å². The Morgan fingerprint density at radius 2 is 1.78 bits per heavy atom. The zero-order valence-corrected chi connectivity index (χ0v) is 11.9. The van der Waals surface area contributed by atoms with Gasteiger partial charge in [0.15, 0.2) is 0 Å². The van der Waals surface area contributed by atoms with Crippen LogP contribution in [-0.4, -0.2) is 77.6 Å². The van der Waals surface area contributed by atoms with Crippen molar-refractivity contribution < 1.29 is 19.0 Å². The van der Waals surface area contributed by atoms with Crippen molar-refractivity contribution in [1.82, 2.24) is 10.2 Å². The molecule has 0 heterocycles. The number of nitrogens with zero attached hydrogens (tertiary/aromatic N) is 1. The Morgan fingerprint density at radius 1 is 1.22 bits per heavy atom. The largest absolute Gasteiger partial charge is 0.465 e. The number of hydrogen-bond donors (Lipinski definition) is 1. The third-order valence-corrected chi connectivity index (χ3v) is 2.58. The number of methoxy groups -OCH3 is 2. The zero-order chi connectivity index (χ0) is 13.8. The van der Waals surface area contributed by atoms with Crippen molar-refractivity contribution in [3.05, 3.63) is 0 Å². The van der Waals surface area contributed by atoms with Gasteiger partial charge in [0.25, 0.3) is 0 Å². The van der Waals surface area contributed by atoms with Crippen LogP contribution in [0.3, 0.4) is 0 Å². The molecule has 1 N–H and O–H groups in total. The maximum Gasteiger partial charge on any atom is 0.324 e. The second kappa shape index (κ2) is 11.4. The Morgan fingerprint density at radius 3 is 2.17 bits per heavy atom. The molecule has 0 rings (SSSR count). The third-order valence-electron chi connectivity index (χ3n) is 2.58. The summed E-state index contributed by atoms with van der Waals surface area (Å²) in [6.07, 6.45) is 0. The van der Waals surface area contributed by atoms with Crippen molar-refractivity contribution in [3.8, 4) is 0 Å². The number of nitrogens with one attached hydrogen (secondary N) is 1. The molecule has 0 spiro atoms. The van der Waals surface area contributed by atoms with E-state index < -0.39 is 0 Å². The molecule has 6 heteroatoms. The quantitative estimate of drug-likeness (QED) is 0.517. The van der Waals surface area contributed by atoms with E-state index in [1.54, 1.807) is 28.2 Å². The van der Waals surface area contributed by atoms with Gasteiger partial charge >= 0.3 is 5.97 Å². The summed E-state index contributed by atoms with van der Waals surface area (Å²) in [5, 5.41) is 2.97. The van der Waals surface area contributed by atoms with Gasteiger partial charge in [0.05, 0.1) is 19.8 Å². The molecule has 1 atom stereocenters. The molecule has 0 aromatic heterocycles. The third kappa shape index (κ3) is 7.60. The van der Waals surface area contributed by atoms with Gasteiger partial charge in [0, 0.05) is 33.9 Å². The fourth-order valence-corrected chi connectivity index (χ4v) is 1.52. The van der Waals surface area contributed by atoms with E-state index in [0.29, 0.717) is 26.4 Å². The summed E-state index contributed by atoms with van der Waals surface area (Å²) in [6.45, 7) is 5.56. The van der Waals surface area contributed by atoms with Gasteiger partial charge < -0.3 is 19.5 Å². The van der Waals surface area contributed by atoms with Crippen LogP contribution in [0.15, 0.2) is 0 Å². The van der Waals surface area contributed by atoms with Crippen LogP contribution >= 0.6 is 0 Å². The highest BCUT2D eigenvalue weighted by Gasteiger charge is 2.20. The maximum atomic E-state index is 11.7. The molecule has 0 amide bonds. The van der Waals surface area contributed by atoms with Gasteiger partial charge in [-0.25, -0.2) is 0 Å². The number of likely N-dealkylation sites (N-methyl/N-ethyl adjacent to an activating group) is 1. The number of carbonyl (C=O) groups excluding carboxylic acids is 1. The van der Waals surface area contributed by atoms with E-state index in [1.807, 2.05) is 0 Å². The molecular formula is C12H26N2O4. The average Bonchev–Trinajstić information content (AvgIpc) is 2.38. The van der Waals surface area contributed by atoms with Crippen molar-refractivity contribution in [2.75, 3.05) is 60.7 Å². The first kappa shape index (κ1) is 17.3. The van der Waals surface area contributed by atoms with Gasteiger partial charge in [-0.1, -0.05) is 0 Å². The lowest BCUT2D eigenvalue weighted by Gasteiger charge is -2.25. The Bertz CT molecular complexity index is 206. The van der Waals surface area contributed by atoms with Crippen LogP contribution in [0.4, 0.5) is 0 Å². The topological polar surface area (TPSA) is 60.0 Å². The van der Waals surface area contributed by atoms with Crippen LogP contribution in [0.1, 0.15) is 6.92 Å². The highest BCUT2D eigenvalue weighted by Crippen LogP contribution is 1.96. The van der Waals surface area contributed by atoms with Crippen molar-refractivity contribution in [3.63, 3.8) is 0 Å². The molecule has 1 unspecified atom stereocenters. The van der Waals surface area contributed by atoms with Gasteiger partial charge in [0.2, 0.25) is 0 Å². The van der Waals surface area contributed by atoms with Crippen molar-refractivity contribution in [2.24, 2.45) is 0 Å². The molecular weight excluding hydrogens is 236 g/mol. The molecule has 0 saturated heterocycles. The number of esters is 1. The van der Waals surface area contributed by atoms with Gasteiger partial charge in [-0.05, 0) is 14.0 Å². The number of ether oxygens (including phenoxy) is 3. The minimum absolute atomic E-state index is 0.222. The molecule has 18 heavy (non-hydrogen) atoms. The summed E-state index contributed by atoms with van der Waals surface area (Å²) in [6, 6.07) is -0.321. The van der Waals surface area contributed by atoms with Crippen molar-refractivity contribution in [1.29, 1.82) is 0 Å². The number of rotatable bonds is 11. The van der Waals surface area contributed by atoms with Crippen LogP contribution in [0.2, 0.25) is 0 Å². The minimum atomic E-state index is -0.321. The predicted molar refractivity (Wildman–Crippen MR) is 69.7 cm³/mol. The first-order valence-electron chi connectivity index (χ1n) is 6.23. The van der Waals surface area contributed by atoms with Crippen LogP contribution in [0.25, 0.3) is 0 Å². The molecule has 0 aromatic rings. The smallest absolute Gasteiger partial charge is 0.324 e. The first-order valence-corrected chi connectivity index (χ1v) is 6.23. The molecule has 0 aliphatic carbocycles. The Balaban J connectivity index is 4.25. The summed E-state index contributed by atoms with van der Waals surface area (Å²) in [5.41, 5.74) is 0. The van der Waals surface area contributed by atoms with Gasteiger partial charge in [-0.2, -0.15) is 0 Å². The molecule has 0 aliphatic rings. The van der Waals surface area contributed by atoms with E-state index in [9.17, 15) is 4.79 Å². The Hall–Kier alpha value is -0.690. The average molecular weight is 262 g/mol. The van der Waals surface area contributed by atoms with Crippen LogP contribution in [0.5, 0.6) is 0 Å². The van der Waals surface area contributed by atoms with Crippen LogP contribution < -0.4 is 5.32 Å². The van der Waals surface area contributed by atoms with E-state index in [0.717, 1.165) is 13.1 Å². The molecule has 0 bridgehead atoms. The molecule has 0 saturated carbocycles. The lowest BCUT2D eigenvalue weighted by atomic mass is 10.2. The Kier molecular flexibility index (Phi) is 11.0. The van der Waals surface area contributed by atoms with E-state index in [1.165, 1.54) is 0 Å².